The lowest BCUT2D eigenvalue weighted by Crippen LogP contribution is -2.41. The lowest BCUT2D eigenvalue weighted by atomic mass is 9.72. The van der Waals surface area contributed by atoms with Gasteiger partial charge in [0.15, 0.2) is 0 Å². The minimum absolute atomic E-state index is 0.0941. The molecule has 33 heavy (non-hydrogen) atoms. The Kier molecular flexibility index (Phi) is 7.43. The largest absolute Gasteiger partial charge is 0.379 e. The lowest BCUT2D eigenvalue weighted by molar-refractivity contribution is -0.118. The van der Waals surface area contributed by atoms with Gasteiger partial charge in [-0.3, -0.25) is 14.5 Å². The number of anilines is 2. The smallest absolute Gasteiger partial charge is 0.258 e. The predicted octanol–water partition coefficient (Wildman–Crippen LogP) is 5.08. The lowest BCUT2D eigenvalue weighted by Gasteiger charge is -2.33. The van der Waals surface area contributed by atoms with Gasteiger partial charge in [-0.15, -0.1) is 11.3 Å². The molecule has 1 aromatic heterocycles. The Morgan fingerprint density at radius 1 is 1.15 bits per heavy atom. The summed E-state index contributed by atoms with van der Waals surface area (Å²) < 4.78 is 5.37. The van der Waals surface area contributed by atoms with Crippen molar-refractivity contribution in [3.63, 3.8) is 0 Å². The summed E-state index contributed by atoms with van der Waals surface area (Å²) in [5.74, 6) is 0.266. The van der Waals surface area contributed by atoms with Crippen LogP contribution in [0.3, 0.4) is 0 Å². The van der Waals surface area contributed by atoms with Crippen molar-refractivity contribution in [3.8, 4) is 0 Å². The maximum Gasteiger partial charge on any atom is 0.258 e. The van der Waals surface area contributed by atoms with Gasteiger partial charge in [-0.1, -0.05) is 32.4 Å². The molecule has 0 spiro atoms. The van der Waals surface area contributed by atoms with E-state index in [2.05, 4.69) is 36.3 Å². The summed E-state index contributed by atoms with van der Waals surface area (Å²) in [7, 11) is 0. The second-order valence-corrected chi connectivity index (χ2v) is 11.5. The van der Waals surface area contributed by atoms with Crippen LogP contribution in [-0.4, -0.2) is 49.6 Å². The third kappa shape index (κ3) is 5.96. The van der Waals surface area contributed by atoms with Crippen molar-refractivity contribution >= 4 is 45.4 Å². The molecule has 2 aromatic rings. The minimum Gasteiger partial charge on any atom is -0.379 e. The number of fused-ring (bicyclic) bond motifs is 1. The van der Waals surface area contributed by atoms with Crippen molar-refractivity contribution < 1.29 is 14.3 Å². The Morgan fingerprint density at radius 3 is 2.52 bits per heavy atom. The van der Waals surface area contributed by atoms with Crippen molar-refractivity contribution in [2.45, 2.75) is 40.0 Å². The van der Waals surface area contributed by atoms with Gasteiger partial charge in [0.25, 0.3) is 5.91 Å². The molecular formula is C25H32ClN3O3S. The second-order valence-electron chi connectivity index (χ2n) is 9.91. The van der Waals surface area contributed by atoms with Crippen LogP contribution in [0.25, 0.3) is 0 Å². The van der Waals surface area contributed by atoms with Gasteiger partial charge in [0.05, 0.1) is 25.3 Å². The average Bonchev–Trinajstić information content (AvgIpc) is 3.12. The van der Waals surface area contributed by atoms with Crippen LogP contribution in [0.5, 0.6) is 0 Å². The first-order valence-electron chi connectivity index (χ1n) is 11.5. The Bertz CT molecular complexity index is 1010. The van der Waals surface area contributed by atoms with Crippen molar-refractivity contribution in [2.24, 2.45) is 11.3 Å². The van der Waals surface area contributed by atoms with E-state index in [4.69, 9.17) is 16.3 Å². The van der Waals surface area contributed by atoms with E-state index < -0.39 is 0 Å². The van der Waals surface area contributed by atoms with Gasteiger partial charge in [-0.2, -0.15) is 0 Å². The summed E-state index contributed by atoms with van der Waals surface area (Å²) in [6, 6.07) is 7.06. The Morgan fingerprint density at radius 2 is 1.85 bits per heavy atom. The number of ether oxygens (including phenoxy) is 1. The first-order valence-corrected chi connectivity index (χ1v) is 12.7. The number of nitrogens with one attached hydrogen (secondary N) is 2. The molecule has 1 unspecified atom stereocenters. The van der Waals surface area contributed by atoms with E-state index in [1.54, 1.807) is 35.6 Å². The number of amides is 2. The van der Waals surface area contributed by atoms with Crippen molar-refractivity contribution in [3.05, 3.63) is 45.3 Å². The van der Waals surface area contributed by atoms with E-state index in [1.807, 2.05) is 0 Å². The highest BCUT2D eigenvalue weighted by molar-refractivity contribution is 7.17. The number of nitrogens with zero attached hydrogens (tertiary/aromatic N) is 1. The number of hydrogen-bond acceptors (Lipinski definition) is 5. The molecule has 2 heterocycles. The SMILES string of the molecule is CC(C)(C)C1CCc2c(sc(NC(=O)CN3CCOCC3)c2C(=O)Nc2ccc(Cl)cc2)C1. The molecule has 1 fully saturated rings. The maximum absolute atomic E-state index is 13.4. The zero-order chi connectivity index (χ0) is 23.6. The third-order valence-electron chi connectivity index (χ3n) is 6.54. The molecule has 0 radical (unpaired) electrons. The van der Waals surface area contributed by atoms with Crippen molar-refractivity contribution in [1.82, 2.24) is 4.90 Å². The number of carbonyl (C=O) groups is 2. The van der Waals surface area contributed by atoms with Crippen LogP contribution in [0.1, 0.15) is 48.0 Å². The number of benzene rings is 1. The van der Waals surface area contributed by atoms with Gasteiger partial charge < -0.3 is 15.4 Å². The van der Waals surface area contributed by atoms with Crippen LogP contribution in [0.4, 0.5) is 10.7 Å². The zero-order valence-corrected chi connectivity index (χ0v) is 21.1. The molecule has 8 heteroatoms. The van der Waals surface area contributed by atoms with Crippen LogP contribution >= 0.6 is 22.9 Å². The molecule has 178 valence electrons. The van der Waals surface area contributed by atoms with Gasteiger partial charge in [0.1, 0.15) is 5.00 Å². The average molecular weight is 490 g/mol. The van der Waals surface area contributed by atoms with Crippen LogP contribution in [0, 0.1) is 11.3 Å². The number of carbonyl (C=O) groups excluding carboxylic acids is 2. The quantitative estimate of drug-likeness (QED) is 0.614. The Labute approximate surface area is 204 Å². The molecule has 1 aromatic carbocycles. The molecule has 4 rings (SSSR count). The zero-order valence-electron chi connectivity index (χ0n) is 19.5. The number of morpholine rings is 1. The number of hydrogen-bond donors (Lipinski definition) is 2. The molecule has 6 nitrogen and oxygen atoms in total. The summed E-state index contributed by atoms with van der Waals surface area (Å²) >= 11 is 7.54. The molecule has 1 saturated heterocycles. The molecular weight excluding hydrogens is 458 g/mol. The third-order valence-corrected chi connectivity index (χ3v) is 7.96. The first-order chi connectivity index (χ1) is 15.7. The summed E-state index contributed by atoms with van der Waals surface area (Å²) in [6.07, 6.45) is 2.82. The van der Waals surface area contributed by atoms with Gasteiger partial charge in [0.2, 0.25) is 5.91 Å². The normalized spacial score (nSPS) is 19.1. The van der Waals surface area contributed by atoms with E-state index in [0.29, 0.717) is 47.0 Å². The molecule has 1 aliphatic heterocycles. The van der Waals surface area contributed by atoms with Gasteiger partial charge in [-0.05, 0) is 60.4 Å². The van der Waals surface area contributed by atoms with E-state index in [-0.39, 0.29) is 17.2 Å². The van der Waals surface area contributed by atoms with Crippen LogP contribution in [0.2, 0.25) is 5.02 Å². The van der Waals surface area contributed by atoms with E-state index in [0.717, 1.165) is 37.9 Å². The van der Waals surface area contributed by atoms with Gasteiger partial charge in [-0.25, -0.2) is 0 Å². The fourth-order valence-corrected chi connectivity index (χ4v) is 5.98. The minimum atomic E-state index is -0.189. The summed E-state index contributed by atoms with van der Waals surface area (Å²) in [5, 5.41) is 7.32. The summed E-state index contributed by atoms with van der Waals surface area (Å²) in [5.41, 5.74) is 2.56. The van der Waals surface area contributed by atoms with Crippen molar-refractivity contribution in [2.75, 3.05) is 43.5 Å². The Hall–Kier alpha value is -1.93. The summed E-state index contributed by atoms with van der Waals surface area (Å²) in [6.45, 7) is 9.89. The topological polar surface area (TPSA) is 70.7 Å². The number of thiophene rings is 1. The van der Waals surface area contributed by atoms with Crippen molar-refractivity contribution in [1.29, 1.82) is 0 Å². The molecule has 1 aliphatic carbocycles. The molecule has 2 N–H and O–H groups in total. The highest BCUT2D eigenvalue weighted by atomic mass is 35.5. The second kappa shape index (κ2) is 10.1. The van der Waals surface area contributed by atoms with Crippen LogP contribution in [-0.2, 0) is 22.4 Å². The fraction of sp³-hybridized carbons (Fsp3) is 0.520. The van der Waals surface area contributed by atoms with Crippen LogP contribution in [0.15, 0.2) is 24.3 Å². The van der Waals surface area contributed by atoms with E-state index >= 15 is 0 Å². The predicted molar refractivity (Wildman–Crippen MR) is 135 cm³/mol. The maximum atomic E-state index is 13.4. The highest BCUT2D eigenvalue weighted by Crippen LogP contribution is 2.44. The number of rotatable bonds is 5. The fourth-order valence-electron chi connectivity index (χ4n) is 4.51. The number of halogens is 1. The molecule has 1 atom stereocenters. The molecule has 0 saturated carbocycles. The van der Waals surface area contributed by atoms with E-state index in [1.165, 1.54) is 4.88 Å². The van der Waals surface area contributed by atoms with E-state index in [9.17, 15) is 9.59 Å². The standard InChI is InChI=1S/C25H32ClN3O3S/c1-25(2,3)16-4-9-19-20(14-16)33-24(28-21(30)15-29-10-12-32-13-11-29)22(19)23(31)27-18-7-5-17(26)6-8-18/h5-8,16H,4,9-15H2,1-3H3,(H,27,31)(H,28,30). The molecule has 2 aliphatic rings. The van der Waals surface area contributed by atoms with Gasteiger partial charge in [0, 0.05) is 28.7 Å². The molecule has 2 amide bonds. The highest BCUT2D eigenvalue weighted by Gasteiger charge is 2.34. The summed E-state index contributed by atoms with van der Waals surface area (Å²) in [4.78, 5) is 29.5. The Balaban J connectivity index is 1.58. The monoisotopic (exact) mass is 489 g/mol. The first kappa shape index (κ1) is 24.2. The van der Waals surface area contributed by atoms with Crippen LogP contribution < -0.4 is 10.6 Å². The molecule has 0 bridgehead atoms. The van der Waals surface area contributed by atoms with Gasteiger partial charge >= 0.3 is 0 Å².